The highest BCUT2D eigenvalue weighted by Gasteiger charge is 2.38. The van der Waals surface area contributed by atoms with E-state index in [1.54, 1.807) is 22.1 Å². The van der Waals surface area contributed by atoms with Crippen LogP contribution in [-0.4, -0.2) is 97.6 Å². The van der Waals surface area contributed by atoms with Gasteiger partial charge in [-0.15, -0.1) is 0 Å². The van der Waals surface area contributed by atoms with Gasteiger partial charge in [-0.3, -0.25) is 4.90 Å². The fourth-order valence-corrected chi connectivity index (χ4v) is 5.07. The van der Waals surface area contributed by atoms with E-state index >= 15 is 0 Å². The molecule has 2 fully saturated rings. The van der Waals surface area contributed by atoms with Gasteiger partial charge in [-0.2, -0.15) is 4.31 Å². The van der Waals surface area contributed by atoms with E-state index in [2.05, 4.69) is 28.9 Å². The van der Waals surface area contributed by atoms with Gasteiger partial charge in [0.2, 0.25) is 0 Å². The molecule has 1 aromatic rings. The zero-order chi connectivity index (χ0) is 18.0. The lowest BCUT2D eigenvalue weighted by Crippen LogP contribution is -2.52. The largest absolute Gasteiger partial charge is 0.375 e. The Hall–Kier alpha value is -1.00. The Morgan fingerprint density at radius 3 is 2.72 bits per heavy atom. The van der Waals surface area contributed by atoms with Gasteiger partial charge < -0.3 is 14.2 Å². The third-order valence-corrected chi connectivity index (χ3v) is 6.85. The standard InChI is InChI=1S/C16H29N5O3S/c1-18(2)8-9-20-10-11-24-15-5-7-21(6-4-14(15)20)25(22,23)16-12-19(3)13-17-16/h12-15H,4-11H2,1-3H3. The Morgan fingerprint density at radius 2 is 2.04 bits per heavy atom. The Morgan fingerprint density at radius 1 is 1.28 bits per heavy atom. The van der Waals surface area contributed by atoms with Crippen LogP contribution in [0.4, 0.5) is 0 Å². The number of nitrogens with zero attached hydrogens (tertiary/aromatic N) is 5. The summed E-state index contributed by atoms with van der Waals surface area (Å²) >= 11 is 0. The molecule has 2 aliphatic heterocycles. The summed E-state index contributed by atoms with van der Waals surface area (Å²) in [6.07, 6.45) is 4.73. The van der Waals surface area contributed by atoms with Crippen LogP contribution in [0.3, 0.4) is 0 Å². The summed E-state index contributed by atoms with van der Waals surface area (Å²) < 4.78 is 34.9. The summed E-state index contributed by atoms with van der Waals surface area (Å²) in [4.78, 5) is 8.68. The van der Waals surface area contributed by atoms with Crippen molar-refractivity contribution in [2.45, 2.75) is 30.0 Å². The van der Waals surface area contributed by atoms with Gasteiger partial charge in [-0.05, 0) is 26.9 Å². The lowest BCUT2D eigenvalue weighted by molar-refractivity contribution is -0.0723. The molecule has 0 spiro atoms. The second-order valence-electron chi connectivity index (χ2n) is 7.17. The minimum Gasteiger partial charge on any atom is -0.375 e. The lowest BCUT2D eigenvalue weighted by Gasteiger charge is -2.40. The number of rotatable bonds is 5. The normalized spacial score (nSPS) is 26.6. The summed E-state index contributed by atoms with van der Waals surface area (Å²) in [6, 6.07) is 0.289. The minimum absolute atomic E-state index is 0.111. The fraction of sp³-hybridized carbons (Fsp3) is 0.812. The van der Waals surface area contributed by atoms with Crippen molar-refractivity contribution in [2.75, 3.05) is 53.4 Å². The number of fused-ring (bicyclic) bond motifs is 1. The van der Waals surface area contributed by atoms with Crippen LogP contribution in [0.15, 0.2) is 17.6 Å². The molecule has 25 heavy (non-hydrogen) atoms. The molecule has 3 rings (SSSR count). The van der Waals surface area contributed by atoms with Crippen molar-refractivity contribution in [1.29, 1.82) is 0 Å². The van der Waals surface area contributed by atoms with Gasteiger partial charge in [0.15, 0.2) is 5.03 Å². The first-order valence-corrected chi connectivity index (χ1v) is 10.3. The van der Waals surface area contributed by atoms with Crippen molar-refractivity contribution in [3.8, 4) is 0 Å². The van der Waals surface area contributed by atoms with Crippen LogP contribution in [0.25, 0.3) is 0 Å². The lowest BCUT2D eigenvalue weighted by atomic mass is 10.0. The van der Waals surface area contributed by atoms with E-state index in [-0.39, 0.29) is 17.2 Å². The molecule has 3 heterocycles. The molecule has 1 aromatic heterocycles. The maximum atomic E-state index is 12.8. The van der Waals surface area contributed by atoms with Gasteiger partial charge in [-0.1, -0.05) is 0 Å². The molecular formula is C16H29N5O3S. The molecule has 142 valence electrons. The van der Waals surface area contributed by atoms with Crippen molar-refractivity contribution in [3.05, 3.63) is 12.5 Å². The molecule has 0 saturated carbocycles. The maximum absolute atomic E-state index is 12.8. The Kier molecular flexibility index (Phi) is 5.79. The Bertz CT molecular complexity index is 675. The van der Waals surface area contributed by atoms with Gasteiger partial charge in [0, 0.05) is 52.0 Å². The van der Waals surface area contributed by atoms with Crippen molar-refractivity contribution in [2.24, 2.45) is 7.05 Å². The third kappa shape index (κ3) is 4.22. The van der Waals surface area contributed by atoms with Gasteiger partial charge in [0.05, 0.1) is 19.0 Å². The van der Waals surface area contributed by atoms with Crippen LogP contribution in [0.1, 0.15) is 12.8 Å². The quantitative estimate of drug-likeness (QED) is 0.716. The molecule has 2 atom stereocenters. The van der Waals surface area contributed by atoms with E-state index in [1.807, 2.05) is 0 Å². The topological polar surface area (TPSA) is 70.9 Å². The van der Waals surface area contributed by atoms with Gasteiger partial charge in [0.1, 0.15) is 0 Å². The van der Waals surface area contributed by atoms with Crippen LogP contribution in [-0.2, 0) is 21.8 Å². The number of aryl methyl sites for hydroxylation is 1. The van der Waals surface area contributed by atoms with E-state index in [0.717, 1.165) is 39.1 Å². The second kappa shape index (κ2) is 7.71. The molecule has 0 N–H and O–H groups in total. The maximum Gasteiger partial charge on any atom is 0.262 e. The first-order valence-electron chi connectivity index (χ1n) is 8.86. The number of likely N-dealkylation sites (N-methyl/N-ethyl adjacent to an activating group) is 1. The number of hydrogen-bond acceptors (Lipinski definition) is 6. The Labute approximate surface area is 150 Å². The Balaban J connectivity index is 1.70. The van der Waals surface area contributed by atoms with E-state index in [0.29, 0.717) is 13.1 Å². The van der Waals surface area contributed by atoms with Crippen molar-refractivity contribution >= 4 is 10.0 Å². The molecule has 0 aromatic carbocycles. The summed E-state index contributed by atoms with van der Waals surface area (Å²) in [6.45, 7) is 4.64. The SMILES string of the molecule is CN(C)CCN1CCOC2CCN(S(=O)(=O)c3cn(C)cn3)CCC21. The van der Waals surface area contributed by atoms with Crippen LogP contribution in [0, 0.1) is 0 Å². The fourth-order valence-electron chi connectivity index (χ4n) is 3.64. The molecule has 0 radical (unpaired) electrons. The predicted molar refractivity (Wildman–Crippen MR) is 94.9 cm³/mol. The number of sulfonamides is 1. The molecule has 2 aliphatic rings. The first-order chi connectivity index (χ1) is 11.9. The summed E-state index contributed by atoms with van der Waals surface area (Å²) in [5.74, 6) is 0. The van der Waals surface area contributed by atoms with Crippen molar-refractivity contribution in [3.63, 3.8) is 0 Å². The zero-order valence-corrected chi connectivity index (χ0v) is 16.2. The molecule has 2 unspecified atom stereocenters. The van der Waals surface area contributed by atoms with Gasteiger partial charge >= 0.3 is 0 Å². The average molecular weight is 372 g/mol. The molecule has 0 bridgehead atoms. The summed E-state index contributed by atoms with van der Waals surface area (Å²) in [5, 5.41) is 0.130. The van der Waals surface area contributed by atoms with Crippen LogP contribution >= 0.6 is 0 Å². The monoisotopic (exact) mass is 371 g/mol. The van der Waals surface area contributed by atoms with E-state index in [4.69, 9.17) is 4.74 Å². The van der Waals surface area contributed by atoms with Crippen molar-refractivity contribution < 1.29 is 13.2 Å². The highest BCUT2D eigenvalue weighted by molar-refractivity contribution is 7.89. The highest BCUT2D eigenvalue weighted by Crippen LogP contribution is 2.26. The molecule has 2 saturated heterocycles. The first kappa shape index (κ1) is 18.8. The van der Waals surface area contributed by atoms with E-state index < -0.39 is 10.0 Å². The molecule has 8 nitrogen and oxygen atoms in total. The van der Waals surface area contributed by atoms with E-state index in [9.17, 15) is 8.42 Å². The number of hydrogen-bond donors (Lipinski definition) is 0. The molecular weight excluding hydrogens is 342 g/mol. The number of imidazole rings is 1. The number of morpholine rings is 1. The smallest absolute Gasteiger partial charge is 0.262 e. The predicted octanol–water partition coefficient (Wildman–Crippen LogP) is -0.164. The van der Waals surface area contributed by atoms with Gasteiger partial charge in [0.25, 0.3) is 10.0 Å². The molecule has 0 amide bonds. The van der Waals surface area contributed by atoms with Crippen LogP contribution < -0.4 is 0 Å². The highest BCUT2D eigenvalue weighted by atomic mass is 32.2. The third-order valence-electron chi connectivity index (χ3n) is 5.07. The van der Waals surface area contributed by atoms with Crippen LogP contribution in [0.2, 0.25) is 0 Å². The van der Waals surface area contributed by atoms with Gasteiger partial charge in [-0.25, -0.2) is 13.4 Å². The molecule has 9 heteroatoms. The van der Waals surface area contributed by atoms with Crippen molar-refractivity contribution in [1.82, 2.24) is 23.7 Å². The number of aromatic nitrogens is 2. The van der Waals surface area contributed by atoms with E-state index in [1.165, 1.54) is 6.33 Å². The average Bonchev–Trinajstić information content (AvgIpc) is 2.88. The second-order valence-corrected chi connectivity index (χ2v) is 9.06. The number of ether oxygens (including phenoxy) is 1. The summed E-state index contributed by atoms with van der Waals surface area (Å²) in [5.41, 5.74) is 0. The zero-order valence-electron chi connectivity index (χ0n) is 15.3. The van der Waals surface area contributed by atoms with Crippen LogP contribution in [0.5, 0.6) is 0 Å². The summed E-state index contributed by atoms with van der Waals surface area (Å²) in [7, 11) is 2.40. The molecule has 0 aliphatic carbocycles. The minimum atomic E-state index is -3.53.